The maximum Gasteiger partial charge on any atom is 0.374 e. The van der Waals surface area contributed by atoms with E-state index in [0.717, 1.165) is 18.2 Å². The molecule has 0 bridgehead atoms. The lowest BCUT2D eigenvalue weighted by atomic mass is 9.78. The van der Waals surface area contributed by atoms with Gasteiger partial charge >= 0.3 is 5.97 Å². The van der Waals surface area contributed by atoms with Crippen LogP contribution in [0.1, 0.15) is 43.7 Å². The van der Waals surface area contributed by atoms with Gasteiger partial charge < -0.3 is 14.5 Å². The molecule has 0 spiro atoms. The maximum absolute atomic E-state index is 12.1. The van der Waals surface area contributed by atoms with Gasteiger partial charge in [0.25, 0.3) is 5.91 Å². The van der Waals surface area contributed by atoms with Gasteiger partial charge in [-0.1, -0.05) is 44.9 Å². The number of benzene rings is 1. The van der Waals surface area contributed by atoms with Gasteiger partial charge in [-0.3, -0.25) is 4.79 Å². The summed E-state index contributed by atoms with van der Waals surface area (Å²) in [5.41, 5.74) is 0.624. The zero-order chi connectivity index (χ0) is 17.1. The van der Waals surface area contributed by atoms with E-state index in [-0.39, 0.29) is 24.3 Å². The molecule has 1 N–H and O–H groups in total. The molecule has 0 saturated heterocycles. The van der Waals surface area contributed by atoms with Crippen molar-refractivity contribution in [3.8, 4) is 0 Å². The van der Waals surface area contributed by atoms with E-state index in [1.54, 1.807) is 12.1 Å². The molecule has 1 saturated carbocycles. The van der Waals surface area contributed by atoms with Crippen LogP contribution in [0.2, 0.25) is 0 Å². The highest BCUT2D eigenvalue weighted by Crippen LogP contribution is 2.29. The molecule has 1 aliphatic carbocycles. The second-order valence-electron chi connectivity index (χ2n) is 6.67. The molecule has 1 fully saturated rings. The van der Waals surface area contributed by atoms with Crippen LogP contribution in [-0.4, -0.2) is 24.5 Å². The Labute approximate surface area is 141 Å². The molecule has 1 amide bonds. The van der Waals surface area contributed by atoms with E-state index in [4.69, 9.17) is 9.15 Å². The molecule has 1 aromatic carbocycles. The third-order valence-corrected chi connectivity index (χ3v) is 5.01. The number of amides is 1. The van der Waals surface area contributed by atoms with Gasteiger partial charge in [0, 0.05) is 11.4 Å². The maximum atomic E-state index is 12.1. The number of carbonyl (C=O) groups excluding carboxylic acids is 2. The molecule has 3 rings (SSSR count). The summed E-state index contributed by atoms with van der Waals surface area (Å²) in [6.07, 6.45) is 3.30. The van der Waals surface area contributed by atoms with Crippen molar-refractivity contribution in [2.75, 3.05) is 6.61 Å². The van der Waals surface area contributed by atoms with Crippen LogP contribution >= 0.6 is 0 Å². The normalized spacial score (nSPS) is 23.8. The lowest BCUT2D eigenvalue weighted by molar-refractivity contribution is -0.125. The van der Waals surface area contributed by atoms with Gasteiger partial charge in [-0.2, -0.15) is 0 Å². The van der Waals surface area contributed by atoms with Crippen LogP contribution in [0, 0.1) is 11.8 Å². The number of nitrogens with one attached hydrogen (secondary N) is 1. The summed E-state index contributed by atoms with van der Waals surface area (Å²) in [6.45, 7) is 4.09. The molecular formula is C19H23NO4. The van der Waals surface area contributed by atoms with Crippen LogP contribution < -0.4 is 5.32 Å². The van der Waals surface area contributed by atoms with Gasteiger partial charge in [-0.15, -0.1) is 0 Å². The number of rotatable bonds is 4. The molecule has 24 heavy (non-hydrogen) atoms. The van der Waals surface area contributed by atoms with E-state index in [9.17, 15) is 9.59 Å². The summed E-state index contributed by atoms with van der Waals surface area (Å²) in [5, 5.41) is 3.82. The van der Waals surface area contributed by atoms with Crippen LogP contribution in [0.3, 0.4) is 0 Å². The van der Waals surface area contributed by atoms with E-state index >= 15 is 0 Å². The first-order chi connectivity index (χ1) is 11.5. The van der Waals surface area contributed by atoms with E-state index < -0.39 is 5.97 Å². The summed E-state index contributed by atoms with van der Waals surface area (Å²) in [6, 6.07) is 9.12. The fourth-order valence-corrected chi connectivity index (χ4v) is 3.32. The smallest absolute Gasteiger partial charge is 0.374 e. The van der Waals surface area contributed by atoms with E-state index in [1.165, 1.54) is 6.42 Å². The zero-order valence-electron chi connectivity index (χ0n) is 14.1. The number of ether oxygens (including phenoxy) is 1. The van der Waals surface area contributed by atoms with E-state index in [1.807, 2.05) is 18.2 Å². The molecule has 5 heteroatoms. The lowest BCUT2D eigenvalue weighted by Crippen LogP contribution is -2.45. The highest BCUT2D eigenvalue weighted by molar-refractivity contribution is 5.93. The Morgan fingerprint density at radius 3 is 2.83 bits per heavy atom. The molecule has 0 radical (unpaired) electrons. The Kier molecular flexibility index (Phi) is 4.88. The van der Waals surface area contributed by atoms with E-state index in [2.05, 4.69) is 19.2 Å². The number of esters is 1. The molecule has 3 atom stereocenters. The monoisotopic (exact) mass is 329 g/mol. The third kappa shape index (κ3) is 3.61. The molecule has 0 aliphatic heterocycles. The Hall–Kier alpha value is -2.30. The first-order valence-electron chi connectivity index (χ1n) is 8.49. The third-order valence-electron chi connectivity index (χ3n) is 5.01. The number of fused-ring (bicyclic) bond motifs is 1. The van der Waals surface area contributed by atoms with Gasteiger partial charge in [0.2, 0.25) is 5.76 Å². The quantitative estimate of drug-likeness (QED) is 0.871. The summed E-state index contributed by atoms with van der Waals surface area (Å²) >= 11 is 0. The average molecular weight is 329 g/mol. The van der Waals surface area contributed by atoms with Crippen molar-refractivity contribution in [1.29, 1.82) is 0 Å². The number of hydrogen-bond acceptors (Lipinski definition) is 4. The zero-order valence-corrected chi connectivity index (χ0v) is 14.1. The summed E-state index contributed by atoms with van der Waals surface area (Å²) in [4.78, 5) is 24.1. The average Bonchev–Trinajstić information content (AvgIpc) is 3.01. The number of hydrogen-bond donors (Lipinski definition) is 1. The Morgan fingerprint density at radius 1 is 1.25 bits per heavy atom. The highest BCUT2D eigenvalue weighted by atomic mass is 16.5. The van der Waals surface area contributed by atoms with Gasteiger partial charge in [-0.25, -0.2) is 4.79 Å². The summed E-state index contributed by atoms with van der Waals surface area (Å²) < 4.78 is 10.5. The Bertz CT molecular complexity index is 703. The molecule has 2 aromatic rings. The Balaban J connectivity index is 1.53. The van der Waals surface area contributed by atoms with Crippen LogP contribution in [0.4, 0.5) is 0 Å². The van der Waals surface area contributed by atoms with Gasteiger partial charge in [0.1, 0.15) is 5.58 Å². The second kappa shape index (κ2) is 7.07. The largest absolute Gasteiger partial charge is 0.450 e. The van der Waals surface area contributed by atoms with Crippen molar-refractivity contribution >= 4 is 22.8 Å². The standard InChI is InChI=1S/C19H23NO4/c1-12-6-5-8-15(13(12)2)20-18(21)11-23-19(22)17-10-14-7-3-4-9-16(14)24-17/h3-4,7,9-10,12-13,15H,5-6,8,11H2,1-2H3,(H,20,21)/t12-,13+,15+/m0/s1. The SMILES string of the molecule is C[C@@H]1[C@@H](C)CCC[C@H]1NC(=O)COC(=O)c1cc2ccccc2o1. The highest BCUT2D eigenvalue weighted by Gasteiger charge is 2.28. The fraction of sp³-hybridized carbons (Fsp3) is 0.474. The fourth-order valence-electron chi connectivity index (χ4n) is 3.32. The van der Waals surface area contributed by atoms with Crippen LogP contribution in [0.25, 0.3) is 11.0 Å². The van der Waals surface area contributed by atoms with Gasteiger partial charge in [0.05, 0.1) is 0 Å². The minimum atomic E-state index is -0.619. The predicted octanol–water partition coefficient (Wildman–Crippen LogP) is 3.53. The second-order valence-corrected chi connectivity index (χ2v) is 6.67. The van der Waals surface area contributed by atoms with Crippen molar-refractivity contribution in [3.63, 3.8) is 0 Å². The summed E-state index contributed by atoms with van der Waals surface area (Å²) in [7, 11) is 0. The minimum Gasteiger partial charge on any atom is -0.450 e. The van der Waals surface area contributed by atoms with Crippen molar-refractivity contribution in [2.45, 2.75) is 39.2 Å². The van der Waals surface area contributed by atoms with E-state index in [0.29, 0.717) is 17.4 Å². The first-order valence-corrected chi connectivity index (χ1v) is 8.49. The lowest BCUT2D eigenvalue weighted by Gasteiger charge is -2.34. The molecule has 0 unspecified atom stereocenters. The van der Waals surface area contributed by atoms with Crippen LogP contribution in [-0.2, 0) is 9.53 Å². The number of para-hydroxylation sites is 1. The Morgan fingerprint density at radius 2 is 2.04 bits per heavy atom. The predicted molar refractivity (Wildman–Crippen MR) is 90.6 cm³/mol. The molecular weight excluding hydrogens is 306 g/mol. The van der Waals surface area contributed by atoms with Crippen LogP contribution in [0.15, 0.2) is 34.7 Å². The number of carbonyl (C=O) groups is 2. The molecule has 1 aliphatic rings. The van der Waals surface area contributed by atoms with Crippen molar-refractivity contribution in [3.05, 3.63) is 36.1 Å². The summed E-state index contributed by atoms with van der Waals surface area (Å²) in [5.74, 6) is 0.274. The van der Waals surface area contributed by atoms with Crippen molar-refractivity contribution < 1.29 is 18.7 Å². The minimum absolute atomic E-state index is 0.114. The van der Waals surface area contributed by atoms with Gasteiger partial charge in [0.15, 0.2) is 6.61 Å². The topological polar surface area (TPSA) is 68.5 Å². The van der Waals surface area contributed by atoms with Gasteiger partial charge in [-0.05, 0) is 30.4 Å². The molecule has 128 valence electrons. The van der Waals surface area contributed by atoms with Crippen molar-refractivity contribution in [1.82, 2.24) is 5.32 Å². The first kappa shape index (κ1) is 16.6. The van der Waals surface area contributed by atoms with Crippen molar-refractivity contribution in [2.24, 2.45) is 11.8 Å². The molecule has 1 heterocycles. The molecule has 1 aromatic heterocycles. The number of furan rings is 1. The molecule has 5 nitrogen and oxygen atoms in total. The van der Waals surface area contributed by atoms with Crippen LogP contribution in [0.5, 0.6) is 0 Å².